The number of rotatable bonds is 2. The Kier molecular flexibility index (Phi) is 2.87. The Balaban J connectivity index is 2.19. The van der Waals surface area contributed by atoms with Crippen molar-refractivity contribution in [1.82, 2.24) is 4.90 Å². The highest BCUT2D eigenvalue weighted by Gasteiger charge is 2.14. The molecule has 1 aliphatic rings. The summed E-state index contributed by atoms with van der Waals surface area (Å²) in [6, 6.07) is 0. The van der Waals surface area contributed by atoms with Gasteiger partial charge in [-0.25, -0.2) is 0 Å². The van der Waals surface area contributed by atoms with Crippen LogP contribution in [0, 0.1) is 0 Å². The normalized spacial score (nSPS) is 21.5. The molecule has 1 heterocycles. The van der Waals surface area contributed by atoms with Crippen LogP contribution in [0.4, 0.5) is 0 Å². The van der Waals surface area contributed by atoms with Gasteiger partial charge in [-0.15, -0.1) is 0 Å². The van der Waals surface area contributed by atoms with Gasteiger partial charge >= 0.3 is 0 Å². The van der Waals surface area contributed by atoms with Gasteiger partial charge in [0.05, 0.1) is 0 Å². The third-order valence-electron chi connectivity index (χ3n) is 1.95. The van der Waals surface area contributed by atoms with Crippen molar-refractivity contribution in [2.75, 3.05) is 19.6 Å². The minimum atomic E-state index is 0.437. The number of hydrogen-bond donors (Lipinski definition) is 0. The Morgan fingerprint density at radius 1 is 1.40 bits per heavy atom. The molecule has 0 bridgehead atoms. The van der Waals surface area contributed by atoms with Gasteiger partial charge in [0.2, 0.25) is 0 Å². The van der Waals surface area contributed by atoms with Crippen molar-refractivity contribution < 1.29 is 4.79 Å². The van der Waals surface area contributed by atoms with Crippen molar-refractivity contribution >= 4 is 5.78 Å². The summed E-state index contributed by atoms with van der Waals surface area (Å²) in [5, 5.41) is 0. The van der Waals surface area contributed by atoms with Crippen LogP contribution in [-0.2, 0) is 4.79 Å². The first-order chi connectivity index (χ1) is 4.83. The van der Waals surface area contributed by atoms with Crippen molar-refractivity contribution in [2.45, 2.75) is 26.2 Å². The molecular formula is C8H15NO. The standard InChI is InChI=1S/C8H15NO/c1-2-5-9-6-3-8(10)4-7-9/h2-7H2,1H3. The van der Waals surface area contributed by atoms with Gasteiger partial charge in [-0.2, -0.15) is 0 Å². The van der Waals surface area contributed by atoms with Crippen LogP contribution in [0.25, 0.3) is 0 Å². The molecule has 2 nitrogen and oxygen atoms in total. The lowest BCUT2D eigenvalue weighted by Crippen LogP contribution is -2.34. The Bertz CT molecular complexity index is 112. The first kappa shape index (κ1) is 7.73. The van der Waals surface area contributed by atoms with E-state index in [0.29, 0.717) is 5.78 Å². The van der Waals surface area contributed by atoms with E-state index in [2.05, 4.69) is 11.8 Å². The maximum absolute atomic E-state index is 10.8. The first-order valence-corrected chi connectivity index (χ1v) is 4.07. The van der Waals surface area contributed by atoms with Gasteiger partial charge in [0.15, 0.2) is 0 Å². The summed E-state index contributed by atoms with van der Waals surface area (Å²) < 4.78 is 0. The van der Waals surface area contributed by atoms with Gasteiger partial charge in [-0.3, -0.25) is 4.79 Å². The van der Waals surface area contributed by atoms with E-state index in [1.807, 2.05) is 0 Å². The largest absolute Gasteiger partial charge is 0.302 e. The van der Waals surface area contributed by atoms with Gasteiger partial charge in [0.1, 0.15) is 5.78 Å². The van der Waals surface area contributed by atoms with Crippen molar-refractivity contribution in [3.8, 4) is 0 Å². The van der Waals surface area contributed by atoms with E-state index >= 15 is 0 Å². The van der Waals surface area contributed by atoms with Gasteiger partial charge < -0.3 is 4.90 Å². The van der Waals surface area contributed by atoms with Gasteiger partial charge in [-0.1, -0.05) is 6.92 Å². The number of ketones is 1. The zero-order valence-corrected chi connectivity index (χ0v) is 6.60. The highest BCUT2D eigenvalue weighted by Crippen LogP contribution is 2.05. The molecule has 10 heavy (non-hydrogen) atoms. The maximum atomic E-state index is 10.8. The number of carbonyl (C=O) groups excluding carboxylic acids is 1. The third kappa shape index (κ3) is 2.10. The second-order valence-electron chi connectivity index (χ2n) is 2.88. The quantitative estimate of drug-likeness (QED) is 0.573. The number of nitrogens with zero attached hydrogens (tertiary/aromatic N) is 1. The lowest BCUT2D eigenvalue weighted by atomic mass is 10.1. The molecule has 0 aromatic rings. The van der Waals surface area contributed by atoms with E-state index in [1.165, 1.54) is 6.42 Å². The number of likely N-dealkylation sites (tertiary alicyclic amines) is 1. The third-order valence-corrected chi connectivity index (χ3v) is 1.95. The van der Waals surface area contributed by atoms with Crippen molar-refractivity contribution in [3.63, 3.8) is 0 Å². The predicted molar refractivity (Wildman–Crippen MR) is 41.0 cm³/mol. The highest BCUT2D eigenvalue weighted by atomic mass is 16.1. The molecule has 0 saturated carbocycles. The Morgan fingerprint density at radius 3 is 2.50 bits per heavy atom. The maximum Gasteiger partial charge on any atom is 0.135 e. The molecule has 1 rings (SSSR count). The number of Topliss-reactive ketones (excluding diaryl/α,β-unsaturated/α-hetero) is 1. The smallest absolute Gasteiger partial charge is 0.135 e. The minimum absolute atomic E-state index is 0.437. The highest BCUT2D eigenvalue weighted by molar-refractivity contribution is 5.79. The number of hydrogen-bond acceptors (Lipinski definition) is 2. The average molecular weight is 141 g/mol. The van der Waals surface area contributed by atoms with E-state index in [-0.39, 0.29) is 0 Å². The van der Waals surface area contributed by atoms with E-state index in [9.17, 15) is 4.79 Å². The average Bonchev–Trinajstić information content (AvgIpc) is 1.95. The fraction of sp³-hybridized carbons (Fsp3) is 0.875. The molecule has 0 aromatic carbocycles. The molecule has 1 saturated heterocycles. The van der Waals surface area contributed by atoms with Crippen molar-refractivity contribution in [2.24, 2.45) is 0 Å². The summed E-state index contributed by atoms with van der Waals surface area (Å²) in [6.07, 6.45) is 2.76. The van der Waals surface area contributed by atoms with Crippen LogP contribution >= 0.6 is 0 Å². The second-order valence-corrected chi connectivity index (χ2v) is 2.88. The van der Waals surface area contributed by atoms with E-state index in [0.717, 1.165) is 32.5 Å². The Morgan fingerprint density at radius 2 is 2.00 bits per heavy atom. The SMILES string of the molecule is CCCN1CCC(=O)CC1. The lowest BCUT2D eigenvalue weighted by molar-refractivity contribution is -0.121. The summed E-state index contributed by atoms with van der Waals surface area (Å²) in [5.41, 5.74) is 0. The summed E-state index contributed by atoms with van der Waals surface area (Å²) in [4.78, 5) is 13.1. The lowest BCUT2D eigenvalue weighted by Gasteiger charge is -2.24. The molecular weight excluding hydrogens is 126 g/mol. The molecule has 2 heteroatoms. The van der Waals surface area contributed by atoms with Crippen LogP contribution in [0.5, 0.6) is 0 Å². The van der Waals surface area contributed by atoms with Crippen molar-refractivity contribution in [1.29, 1.82) is 0 Å². The van der Waals surface area contributed by atoms with Gasteiger partial charge in [0.25, 0.3) is 0 Å². The summed E-state index contributed by atoms with van der Waals surface area (Å²) in [7, 11) is 0. The van der Waals surface area contributed by atoms with Crippen LogP contribution in [0.15, 0.2) is 0 Å². The molecule has 0 aliphatic carbocycles. The second kappa shape index (κ2) is 3.71. The molecule has 0 unspecified atom stereocenters. The molecule has 0 radical (unpaired) electrons. The van der Waals surface area contributed by atoms with Crippen LogP contribution in [0.1, 0.15) is 26.2 Å². The Hall–Kier alpha value is -0.370. The van der Waals surface area contributed by atoms with Gasteiger partial charge in [0, 0.05) is 25.9 Å². The summed E-state index contributed by atoms with van der Waals surface area (Å²) in [5.74, 6) is 0.437. The molecule has 0 amide bonds. The zero-order valence-electron chi connectivity index (χ0n) is 6.60. The summed E-state index contributed by atoms with van der Waals surface area (Å²) in [6.45, 7) is 5.32. The molecule has 0 aromatic heterocycles. The molecule has 0 N–H and O–H groups in total. The Labute approximate surface area is 62.2 Å². The predicted octanol–water partition coefficient (Wildman–Crippen LogP) is 1.06. The van der Waals surface area contributed by atoms with E-state index in [1.54, 1.807) is 0 Å². The molecule has 58 valence electrons. The molecule has 1 fully saturated rings. The number of piperidine rings is 1. The molecule has 0 atom stereocenters. The minimum Gasteiger partial charge on any atom is -0.302 e. The van der Waals surface area contributed by atoms with Crippen LogP contribution in [0.3, 0.4) is 0 Å². The molecule has 0 spiro atoms. The fourth-order valence-corrected chi connectivity index (χ4v) is 1.34. The molecule has 1 aliphatic heterocycles. The monoisotopic (exact) mass is 141 g/mol. The first-order valence-electron chi connectivity index (χ1n) is 4.07. The fourth-order valence-electron chi connectivity index (χ4n) is 1.34. The van der Waals surface area contributed by atoms with Crippen molar-refractivity contribution in [3.05, 3.63) is 0 Å². The van der Waals surface area contributed by atoms with Crippen LogP contribution < -0.4 is 0 Å². The van der Waals surface area contributed by atoms with E-state index in [4.69, 9.17) is 0 Å². The summed E-state index contributed by atoms with van der Waals surface area (Å²) >= 11 is 0. The zero-order chi connectivity index (χ0) is 7.40. The van der Waals surface area contributed by atoms with Gasteiger partial charge in [-0.05, 0) is 13.0 Å². The number of carbonyl (C=O) groups is 1. The van der Waals surface area contributed by atoms with Crippen LogP contribution in [-0.4, -0.2) is 30.3 Å². The topological polar surface area (TPSA) is 20.3 Å². The van der Waals surface area contributed by atoms with Crippen LogP contribution in [0.2, 0.25) is 0 Å². The van der Waals surface area contributed by atoms with E-state index < -0.39 is 0 Å².